The number of ether oxygens (including phenoxy) is 1. The fourth-order valence-corrected chi connectivity index (χ4v) is 2.50. The first-order valence-electron chi connectivity index (χ1n) is 6.84. The van der Waals surface area contributed by atoms with Gasteiger partial charge in [-0.3, -0.25) is 4.99 Å². The molecular weight excluding hydrogens is 270 g/mol. The SMILES string of the molecule is CN=C(NCC(C)(C)OC)NCC(C)(C)c1cccs1. The second-order valence-corrected chi connectivity index (χ2v) is 7.05. The highest BCUT2D eigenvalue weighted by Gasteiger charge is 2.22. The van der Waals surface area contributed by atoms with Crippen LogP contribution >= 0.6 is 11.3 Å². The predicted molar refractivity (Wildman–Crippen MR) is 87.8 cm³/mol. The molecule has 0 radical (unpaired) electrons. The van der Waals surface area contributed by atoms with E-state index in [1.54, 1.807) is 25.5 Å². The molecule has 1 rings (SSSR count). The number of thiophene rings is 1. The largest absolute Gasteiger partial charge is 0.377 e. The van der Waals surface area contributed by atoms with E-state index >= 15 is 0 Å². The van der Waals surface area contributed by atoms with Crippen LogP contribution in [0.3, 0.4) is 0 Å². The van der Waals surface area contributed by atoms with Gasteiger partial charge in [0, 0.05) is 37.5 Å². The van der Waals surface area contributed by atoms with Crippen molar-refractivity contribution in [1.29, 1.82) is 0 Å². The van der Waals surface area contributed by atoms with E-state index in [-0.39, 0.29) is 11.0 Å². The lowest BCUT2D eigenvalue weighted by molar-refractivity contribution is 0.0268. The molecule has 1 aromatic rings. The minimum Gasteiger partial charge on any atom is -0.377 e. The van der Waals surface area contributed by atoms with Crippen molar-refractivity contribution in [3.63, 3.8) is 0 Å². The van der Waals surface area contributed by atoms with Crippen LogP contribution in [0.15, 0.2) is 22.5 Å². The number of aliphatic imine (C=N–C) groups is 1. The van der Waals surface area contributed by atoms with Crippen LogP contribution in [0.2, 0.25) is 0 Å². The van der Waals surface area contributed by atoms with E-state index in [0.717, 1.165) is 12.5 Å². The third kappa shape index (κ3) is 5.13. The molecule has 0 unspecified atom stereocenters. The summed E-state index contributed by atoms with van der Waals surface area (Å²) in [7, 11) is 3.51. The van der Waals surface area contributed by atoms with Crippen molar-refractivity contribution >= 4 is 17.3 Å². The number of guanidine groups is 1. The van der Waals surface area contributed by atoms with Gasteiger partial charge in [-0.25, -0.2) is 0 Å². The van der Waals surface area contributed by atoms with E-state index < -0.39 is 0 Å². The minimum atomic E-state index is -0.207. The Morgan fingerprint density at radius 1 is 1.25 bits per heavy atom. The zero-order chi connectivity index (χ0) is 15.2. The van der Waals surface area contributed by atoms with Gasteiger partial charge in [0.05, 0.1) is 5.60 Å². The summed E-state index contributed by atoms with van der Waals surface area (Å²) in [4.78, 5) is 5.62. The van der Waals surface area contributed by atoms with Crippen LogP contribution < -0.4 is 10.6 Å². The van der Waals surface area contributed by atoms with Crippen LogP contribution in [0.5, 0.6) is 0 Å². The normalized spacial score (nSPS) is 13.4. The lowest BCUT2D eigenvalue weighted by Crippen LogP contribution is -2.47. The summed E-state index contributed by atoms with van der Waals surface area (Å²) in [6.45, 7) is 10.1. The summed E-state index contributed by atoms with van der Waals surface area (Å²) in [6, 6.07) is 4.27. The topological polar surface area (TPSA) is 45.7 Å². The highest BCUT2D eigenvalue weighted by molar-refractivity contribution is 7.10. The Balaban J connectivity index is 2.50. The summed E-state index contributed by atoms with van der Waals surface area (Å²) >= 11 is 1.79. The Kier molecular flexibility index (Phi) is 6.02. The van der Waals surface area contributed by atoms with Crippen LogP contribution in [0, 0.1) is 0 Å². The maximum Gasteiger partial charge on any atom is 0.191 e. The number of hydrogen-bond acceptors (Lipinski definition) is 3. The third-order valence-electron chi connectivity index (χ3n) is 3.34. The van der Waals surface area contributed by atoms with Crippen LogP contribution in [-0.4, -0.2) is 38.8 Å². The fourth-order valence-electron chi connectivity index (χ4n) is 1.64. The molecule has 1 heterocycles. The molecule has 1 aromatic heterocycles. The molecule has 4 nitrogen and oxygen atoms in total. The summed E-state index contributed by atoms with van der Waals surface area (Å²) in [5, 5.41) is 8.80. The van der Waals surface area contributed by atoms with Gasteiger partial charge in [-0.1, -0.05) is 19.9 Å². The van der Waals surface area contributed by atoms with Crippen LogP contribution in [0.1, 0.15) is 32.6 Å². The maximum absolute atomic E-state index is 5.39. The molecule has 0 spiro atoms. The molecule has 0 saturated heterocycles. The smallest absolute Gasteiger partial charge is 0.191 e. The molecule has 0 saturated carbocycles. The van der Waals surface area contributed by atoms with Gasteiger partial charge in [0.2, 0.25) is 0 Å². The molecule has 2 N–H and O–H groups in total. The van der Waals surface area contributed by atoms with Crippen molar-refractivity contribution in [3.8, 4) is 0 Å². The van der Waals surface area contributed by atoms with E-state index in [0.29, 0.717) is 6.54 Å². The van der Waals surface area contributed by atoms with Gasteiger partial charge >= 0.3 is 0 Å². The summed E-state index contributed by atoms with van der Waals surface area (Å²) in [5.74, 6) is 0.805. The van der Waals surface area contributed by atoms with Crippen molar-refractivity contribution in [2.75, 3.05) is 27.2 Å². The Labute approximate surface area is 126 Å². The molecule has 20 heavy (non-hydrogen) atoms. The van der Waals surface area contributed by atoms with E-state index in [1.165, 1.54) is 4.88 Å². The zero-order valence-corrected chi connectivity index (χ0v) is 14.2. The molecule has 5 heteroatoms. The van der Waals surface area contributed by atoms with Crippen LogP contribution in [-0.2, 0) is 10.2 Å². The van der Waals surface area contributed by atoms with Crippen molar-refractivity contribution in [1.82, 2.24) is 10.6 Å². The molecular formula is C15H27N3OS. The molecule has 0 atom stereocenters. The van der Waals surface area contributed by atoms with Gasteiger partial charge in [0.15, 0.2) is 5.96 Å². The molecule has 114 valence electrons. The van der Waals surface area contributed by atoms with Gasteiger partial charge in [0.1, 0.15) is 0 Å². The van der Waals surface area contributed by atoms with Crippen molar-refractivity contribution in [2.45, 2.75) is 38.7 Å². The summed E-state index contributed by atoms with van der Waals surface area (Å²) in [5.41, 5.74) is -0.122. The van der Waals surface area contributed by atoms with Gasteiger partial charge < -0.3 is 15.4 Å². The number of nitrogens with one attached hydrogen (secondary N) is 2. The quantitative estimate of drug-likeness (QED) is 0.627. The van der Waals surface area contributed by atoms with Gasteiger partial charge in [0.25, 0.3) is 0 Å². The summed E-state index contributed by atoms with van der Waals surface area (Å²) < 4.78 is 5.39. The number of hydrogen-bond donors (Lipinski definition) is 2. The minimum absolute atomic E-state index is 0.0859. The first-order chi connectivity index (χ1) is 9.30. The Morgan fingerprint density at radius 2 is 1.90 bits per heavy atom. The van der Waals surface area contributed by atoms with Crippen molar-refractivity contribution in [3.05, 3.63) is 22.4 Å². The number of nitrogens with zero attached hydrogens (tertiary/aromatic N) is 1. The van der Waals surface area contributed by atoms with Crippen molar-refractivity contribution in [2.24, 2.45) is 4.99 Å². The molecule has 0 amide bonds. The number of rotatable bonds is 6. The lowest BCUT2D eigenvalue weighted by atomic mass is 9.91. The average molecular weight is 297 g/mol. The maximum atomic E-state index is 5.39. The third-order valence-corrected chi connectivity index (χ3v) is 4.58. The highest BCUT2D eigenvalue weighted by Crippen LogP contribution is 2.26. The summed E-state index contributed by atoms with van der Waals surface area (Å²) in [6.07, 6.45) is 0. The molecule has 0 aliphatic rings. The van der Waals surface area contributed by atoms with Crippen molar-refractivity contribution < 1.29 is 4.74 Å². The second-order valence-electron chi connectivity index (χ2n) is 6.10. The monoisotopic (exact) mass is 297 g/mol. The molecule has 0 aromatic carbocycles. The fraction of sp³-hybridized carbons (Fsp3) is 0.667. The Bertz CT molecular complexity index is 424. The predicted octanol–water partition coefficient (Wildman–Crippen LogP) is 2.62. The van der Waals surface area contributed by atoms with E-state index in [1.807, 2.05) is 13.8 Å². The standard InChI is InChI=1S/C15H27N3OS/c1-14(2,12-8-7-9-20-12)10-17-13(16-5)18-11-15(3,4)19-6/h7-9H,10-11H2,1-6H3,(H2,16,17,18). The highest BCUT2D eigenvalue weighted by atomic mass is 32.1. The van der Waals surface area contributed by atoms with Gasteiger partial charge in [-0.15, -0.1) is 11.3 Å². The van der Waals surface area contributed by atoms with E-state index in [2.05, 4.69) is 47.0 Å². The van der Waals surface area contributed by atoms with Crippen LogP contribution in [0.25, 0.3) is 0 Å². The molecule has 0 bridgehead atoms. The molecule has 0 aliphatic heterocycles. The van der Waals surface area contributed by atoms with E-state index in [4.69, 9.17) is 4.74 Å². The molecule has 0 fully saturated rings. The molecule has 0 aliphatic carbocycles. The van der Waals surface area contributed by atoms with E-state index in [9.17, 15) is 0 Å². The lowest BCUT2D eigenvalue weighted by Gasteiger charge is -2.27. The Hall–Kier alpha value is -1.07. The second kappa shape index (κ2) is 7.09. The zero-order valence-electron chi connectivity index (χ0n) is 13.4. The Morgan fingerprint density at radius 3 is 2.40 bits per heavy atom. The van der Waals surface area contributed by atoms with Crippen LogP contribution in [0.4, 0.5) is 0 Å². The average Bonchev–Trinajstić information content (AvgIpc) is 2.93. The van der Waals surface area contributed by atoms with Gasteiger partial charge in [-0.2, -0.15) is 0 Å². The first kappa shape index (κ1) is 17.0. The number of methoxy groups -OCH3 is 1. The van der Waals surface area contributed by atoms with Gasteiger partial charge in [-0.05, 0) is 25.3 Å². The first-order valence-corrected chi connectivity index (χ1v) is 7.72.